The molecular weight excluding hydrogens is 216 g/mol. The summed E-state index contributed by atoms with van der Waals surface area (Å²) in [5, 5.41) is 7.93. The van der Waals surface area contributed by atoms with E-state index in [0.29, 0.717) is 0 Å². The SMILES string of the molecule is CCC(C)CS(=O)(=O)C(C)C(C)C(=O)O. The molecular formula is C10H20O4S. The predicted octanol–water partition coefficient (Wildman–Crippen LogP) is 1.56. The summed E-state index contributed by atoms with van der Waals surface area (Å²) in [6.07, 6.45) is 0.785. The highest BCUT2D eigenvalue weighted by Gasteiger charge is 2.31. The Labute approximate surface area is 91.6 Å². The lowest BCUT2D eigenvalue weighted by Gasteiger charge is -2.18. The van der Waals surface area contributed by atoms with Gasteiger partial charge in [0.25, 0.3) is 0 Å². The van der Waals surface area contributed by atoms with Crippen molar-refractivity contribution in [3.05, 3.63) is 0 Å². The van der Waals surface area contributed by atoms with Crippen molar-refractivity contribution in [2.45, 2.75) is 39.4 Å². The van der Waals surface area contributed by atoms with E-state index in [1.165, 1.54) is 13.8 Å². The van der Waals surface area contributed by atoms with E-state index in [1.807, 2.05) is 13.8 Å². The van der Waals surface area contributed by atoms with E-state index in [2.05, 4.69) is 0 Å². The molecule has 15 heavy (non-hydrogen) atoms. The van der Waals surface area contributed by atoms with Crippen LogP contribution in [0.2, 0.25) is 0 Å². The van der Waals surface area contributed by atoms with Crippen molar-refractivity contribution in [1.29, 1.82) is 0 Å². The van der Waals surface area contributed by atoms with Gasteiger partial charge in [0.05, 0.1) is 16.9 Å². The summed E-state index contributed by atoms with van der Waals surface area (Å²) in [7, 11) is -3.30. The van der Waals surface area contributed by atoms with Crippen molar-refractivity contribution in [3.8, 4) is 0 Å². The molecule has 0 aromatic heterocycles. The van der Waals surface area contributed by atoms with Gasteiger partial charge in [0.15, 0.2) is 9.84 Å². The number of carboxylic acid groups (broad SMARTS) is 1. The van der Waals surface area contributed by atoms with Crippen LogP contribution in [0.3, 0.4) is 0 Å². The first-order chi connectivity index (χ1) is 6.72. The van der Waals surface area contributed by atoms with E-state index >= 15 is 0 Å². The lowest BCUT2D eigenvalue weighted by Crippen LogP contribution is -2.33. The minimum Gasteiger partial charge on any atom is -0.481 e. The van der Waals surface area contributed by atoms with Gasteiger partial charge < -0.3 is 5.11 Å². The van der Waals surface area contributed by atoms with Crippen molar-refractivity contribution in [1.82, 2.24) is 0 Å². The van der Waals surface area contributed by atoms with E-state index in [9.17, 15) is 13.2 Å². The number of carbonyl (C=O) groups is 1. The van der Waals surface area contributed by atoms with Crippen LogP contribution >= 0.6 is 0 Å². The Kier molecular flexibility index (Phi) is 5.28. The molecule has 4 nitrogen and oxygen atoms in total. The van der Waals surface area contributed by atoms with Gasteiger partial charge in [0, 0.05) is 0 Å². The Balaban J connectivity index is 4.66. The van der Waals surface area contributed by atoms with Gasteiger partial charge in [0.2, 0.25) is 0 Å². The minimum absolute atomic E-state index is 0.0717. The van der Waals surface area contributed by atoms with Crippen LogP contribution in [0.5, 0.6) is 0 Å². The molecule has 0 radical (unpaired) electrons. The average Bonchev–Trinajstić information content (AvgIpc) is 2.14. The first-order valence-corrected chi connectivity index (χ1v) is 6.88. The summed E-state index contributed by atoms with van der Waals surface area (Å²) < 4.78 is 23.6. The lowest BCUT2D eigenvalue weighted by atomic mass is 10.1. The number of aliphatic carboxylic acids is 1. The topological polar surface area (TPSA) is 71.4 Å². The van der Waals surface area contributed by atoms with Gasteiger partial charge in [-0.25, -0.2) is 8.42 Å². The number of hydrogen-bond donors (Lipinski definition) is 1. The molecule has 0 heterocycles. The van der Waals surface area contributed by atoms with E-state index in [-0.39, 0.29) is 11.7 Å². The molecule has 0 fully saturated rings. The van der Waals surface area contributed by atoms with Crippen molar-refractivity contribution in [3.63, 3.8) is 0 Å². The van der Waals surface area contributed by atoms with Crippen LogP contribution in [0.15, 0.2) is 0 Å². The average molecular weight is 236 g/mol. The Hall–Kier alpha value is -0.580. The largest absolute Gasteiger partial charge is 0.481 e. The molecule has 3 atom stereocenters. The Morgan fingerprint density at radius 2 is 1.73 bits per heavy atom. The fraction of sp³-hybridized carbons (Fsp3) is 0.900. The van der Waals surface area contributed by atoms with Crippen LogP contribution in [-0.2, 0) is 14.6 Å². The molecule has 0 aliphatic heterocycles. The fourth-order valence-electron chi connectivity index (χ4n) is 1.18. The Bertz CT molecular complexity index is 307. The highest BCUT2D eigenvalue weighted by Crippen LogP contribution is 2.17. The van der Waals surface area contributed by atoms with Crippen LogP contribution in [0.25, 0.3) is 0 Å². The summed E-state index contributed by atoms with van der Waals surface area (Å²) in [4.78, 5) is 10.7. The maximum absolute atomic E-state index is 11.8. The van der Waals surface area contributed by atoms with E-state index < -0.39 is 27.0 Å². The third-order valence-corrected chi connectivity index (χ3v) is 5.45. The third kappa shape index (κ3) is 4.20. The predicted molar refractivity (Wildman–Crippen MR) is 59.5 cm³/mol. The third-order valence-electron chi connectivity index (χ3n) is 2.87. The standard InChI is InChI=1S/C10H20O4S/c1-5-7(2)6-15(13,14)9(4)8(3)10(11)12/h7-9H,5-6H2,1-4H3,(H,11,12). The van der Waals surface area contributed by atoms with Gasteiger partial charge in [-0.2, -0.15) is 0 Å². The molecule has 0 saturated carbocycles. The maximum atomic E-state index is 11.8. The minimum atomic E-state index is -3.30. The summed E-state index contributed by atoms with van der Waals surface area (Å²) >= 11 is 0. The number of hydrogen-bond acceptors (Lipinski definition) is 3. The van der Waals surface area contributed by atoms with Gasteiger partial charge in [-0.3, -0.25) is 4.79 Å². The zero-order chi connectivity index (χ0) is 12.2. The lowest BCUT2D eigenvalue weighted by molar-refractivity contribution is -0.141. The fourth-order valence-corrected chi connectivity index (χ4v) is 3.25. The number of rotatable bonds is 6. The first kappa shape index (κ1) is 14.4. The van der Waals surface area contributed by atoms with E-state index in [4.69, 9.17) is 5.11 Å². The highest BCUT2D eigenvalue weighted by atomic mass is 32.2. The molecule has 0 bridgehead atoms. The van der Waals surface area contributed by atoms with Crippen LogP contribution in [0.1, 0.15) is 34.1 Å². The molecule has 1 N–H and O–H groups in total. The normalized spacial score (nSPS) is 18.1. The number of carboxylic acids is 1. The molecule has 3 unspecified atom stereocenters. The van der Waals surface area contributed by atoms with E-state index in [0.717, 1.165) is 6.42 Å². The van der Waals surface area contributed by atoms with Crippen LogP contribution < -0.4 is 0 Å². The molecule has 0 rings (SSSR count). The number of sulfone groups is 1. The molecule has 0 aromatic rings. The smallest absolute Gasteiger partial charge is 0.307 e. The molecule has 90 valence electrons. The van der Waals surface area contributed by atoms with E-state index in [1.54, 1.807) is 0 Å². The van der Waals surface area contributed by atoms with Crippen molar-refractivity contribution in [2.24, 2.45) is 11.8 Å². The molecule has 0 aromatic carbocycles. The van der Waals surface area contributed by atoms with Gasteiger partial charge in [-0.05, 0) is 12.8 Å². The van der Waals surface area contributed by atoms with Crippen LogP contribution in [0, 0.1) is 11.8 Å². The summed E-state index contributed by atoms with van der Waals surface area (Å²) in [5.41, 5.74) is 0. The first-order valence-electron chi connectivity index (χ1n) is 5.16. The van der Waals surface area contributed by atoms with Crippen LogP contribution in [-0.4, -0.2) is 30.5 Å². The Morgan fingerprint density at radius 3 is 2.07 bits per heavy atom. The zero-order valence-electron chi connectivity index (χ0n) is 9.73. The molecule has 5 heteroatoms. The van der Waals surface area contributed by atoms with Gasteiger partial charge in [-0.1, -0.05) is 27.2 Å². The monoisotopic (exact) mass is 236 g/mol. The van der Waals surface area contributed by atoms with Gasteiger partial charge >= 0.3 is 5.97 Å². The van der Waals surface area contributed by atoms with Crippen molar-refractivity contribution in [2.75, 3.05) is 5.75 Å². The second-order valence-corrected chi connectivity index (χ2v) is 6.58. The second-order valence-electron chi connectivity index (χ2n) is 4.17. The zero-order valence-corrected chi connectivity index (χ0v) is 10.5. The van der Waals surface area contributed by atoms with Gasteiger partial charge in [-0.15, -0.1) is 0 Å². The quantitative estimate of drug-likeness (QED) is 0.759. The summed E-state index contributed by atoms with van der Waals surface area (Å²) in [6, 6.07) is 0. The Morgan fingerprint density at radius 1 is 1.27 bits per heavy atom. The maximum Gasteiger partial charge on any atom is 0.307 e. The molecule has 0 saturated heterocycles. The van der Waals surface area contributed by atoms with Crippen molar-refractivity contribution >= 4 is 15.8 Å². The molecule has 0 amide bonds. The molecule has 0 spiro atoms. The molecule has 0 aliphatic rings. The van der Waals surface area contributed by atoms with Crippen LogP contribution in [0.4, 0.5) is 0 Å². The summed E-state index contributed by atoms with van der Waals surface area (Å²) in [6.45, 7) is 6.68. The molecule has 0 aliphatic carbocycles. The highest BCUT2D eigenvalue weighted by molar-refractivity contribution is 7.92. The second kappa shape index (κ2) is 5.49. The summed E-state index contributed by atoms with van der Waals surface area (Å²) in [5.74, 6) is -1.75. The van der Waals surface area contributed by atoms with Crippen molar-refractivity contribution < 1.29 is 18.3 Å². The van der Waals surface area contributed by atoms with Gasteiger partial charge in [0.1, 0.15) is 0 Å².